The highest BCUT2D eigenvalue weighted by atomic mass is 32.1. The minimum Gasteiger partial charge on any atom is -0.453 e. The molecule has 0 N–H and O–H groups in total. The van der Waals surface area contributed by atoms with Crippen LogP contribution in [-0.2, 0) is 4.74 Å². The molecule has 1 aromatic carbocycles. The van der Waals surface area contributed by atoms with Gasteiger partial charge in [-0.3, -0.25) is 4.79 Å². The average molecular weight is 353 g/mol. The lowest BCUT2D eigenvalue weighted by atomic mass is 10.1. The molecule has 0 unspecified atom stereocenters. The summed E-state index contributed by atoms with van der Waals surface area (Å²) in [5.41, 5.74) is 2.73. The van der Waals surface area contributed by atoms with E-state index in [1.165, 1.54) is 24.2 Å². The van der Waals surface area contributed by atoms with Crippen LogP contribution in [0.25, 0.3) is 10.1 Å². The van der Waals surface area contributed by atoms with Crippen molar-refractivity contribution in [2.75, 3.05) is 6.61 Å². The van der Waals surface area contributed by atoms with Gasteiger partial charge in [-0.1, -0.05) is 18.2 Å². The zero-order chi connectivity index (χ0) is 17.6. The largest absolute Gasteiger partial charge is 0.453 e. The molecule has 0 atom stereocenters. The zero-order valence-corrected chi connectivity index (χ0v) is 15.1. The summed E-state index contributed by atoms with van der Waals surface area (Å²) in [7, 11) is 0. The summed E-state index contributed by atoms with van der Waals surface area (Å²) in [6.07, 6.45) is 2.34. The molecule has 2 heterocycles. The fraction of sp³-hybridized carbons (Fsp3) is 0.300. The van der Waals surface area contributed by atoms with Crippen LogP contribution in [0.2, 0.25) is 0 Å². The average Bonchev–Trinajstić information content (AvgIpc) is 3.25. The summed E-state index contributed by atoms with van der Waals surface area (Å²) < 4.78 is 8.53. The predicted molar refractivity (Wildman–Crippen MR) is 98.6 cm³/mol. The van der Waals surface area contributed by atoms with Crippen molar-refractivity contribution in [3.05, 3.63) is 58.2 Å². The van der Waals surface area contributed by atoms with Crippen LogP contribution < -0.4 is 0 Å². The summed E-state index contributed by atoms with van der Waals surface area (Å²) >= 11 is 1.38. The molecule has 128 valence electrons. The number of nitrogens with zero attached hydrogens (tertiary/aromatic N) is 1. The molecule has 0 radical (unpaired) electrons. The van der Waals surface area contributed by atoms with E-state index in [4.69, 9.17) is 4.74 Å². The molecule has 4 nitrogen and oxygen atoms in total. The maximum atomic E-state index is 12.5. The van der Waals surface area contributed by atoms with Gasteiger partial charge in [0.1, 0.15) is 4.88 Å². The van der Waals surface area contributed by atoms with E-state index in [0.717, 1.165) is 21.5 Å². The molecule has 0 saturated heterocycles. The number of carbonyl (C=O) groups is 2. The van der Waals surface area contributed by atoms with E-state index >= 15 is 0 Å². The Balaban J connectivity index is 1.46. The van der Waals surface area contributed by atoms with Crippen molar-refractivity contribution in [3.8, 4) is 0 Å². The van der Waals surface area contributed by atoms with Gasteiger partial charge in [0.2, 0.25) is 5.78 Å². The van der Waals surface area contributed by atoms with E-state index < -0.39 is 5.97 Å². The lowest BCUT2D eigenvalue weighted by Gasteiger charge is -2.07. The molecule has 0 bridgehead atoms. The number of hydrogen-bond donors (Lipinski definition) is 0. The normalized spacial score (nSPS) is 14.0. The summed E-state index contributed by atoms with van der Waals surface area (Å²) in [6.45, 7) is 3.76. The number of Topliss-reactive ketones (excluding diaryl/α,β-unsaturated/α-hetero) is 1. The predicted octanol–water partition coefficient (Wildman–Crippen LogP) is 4.69. The number of benzene rings is 1. The van der Waals surface area contributed by atoms with Gasteiger partial charge in [0.05, 0.1) is 0 Å². The van der Waals surface area contributed by atoms with Crippen LogP contribution in [0, 0.1) is 13.8 Å². The van der Waals surface area contributed by atoms with E-state index in [9.17, 15) is 9.59 Å². The van der Waals surface area contributed by atoms with Crippen molar-refractivity contribution < 1.29 is 14.3 Å². The second-order valence-electron chi connectivity index (χ2n) is 6.53. The fourth-order valence-corrected chi connectivity index (χ4v) is 4.27. The number of ketones is 1. The van der Waals surface area contributed by atoms with Gasteiger partial charge >= 0.3 is 5.97 Å². The quantitative estimate of drug-likeness (QED) is 0.494. The number of esters is 1. The third-order valence-corrected chi connectivity index (χ3v) is 5.75. The highest BCUT2D eigenvalue weighted by Gasteiger charge is 2.28. The molecular formula is C20H19NO3S. The molecule has 3 aromatic rings. The van der Waals surface area contributed by atoms with Crippen LogP contribution in [0.3, 0.4) is 0 Å². The summed E-state index contributed by atoms with van der Waals surface area (Å²) in [5.74, 6) is -0.583. The number of aryl methyl sites for hydroxylation is 1. The Hall–Kier alpha value is -2.40. The van der Waals surface area contributed by atoms with Gasteiger partial charge in [0.15, 0.2) is 6.61 Å². The molecular weight excluding hydrogens is 334 g/mol. The van der Waals surface area contributed by atoms with Gasteiger partial charge in [-0.2, -0.15) is 0 Å². The number of carbonyl (C=O) groups excluding carboxylic acids is 2. The number of hydrogen-bond acceptors (Lipinski definition) is 4. The van der Waals surface area contributed by atoms with Gasteiger partial charge < -0.3 is 9.30 Å². The molecule has 1 saturated carbocycles. The second kappa shape index (κ2) is 6.15. The molecule has 1 aliphatic carbocycles. The van der Waals surface area contributed by atoms with Crippen LogP contribution in [-0.4, -0.2) is 22.9 Å². The minimum atomic E-state index is -0.439. The van der Waals surface area contributed by atoms with Gasteiger partial charge in [-0.25, -0.2) is 4.79 Å². The monoisotopic (exact) mass is 353 g/mol. The van der Waals surface area contributed by atoms with Gasteiger partial charge in [0.25, 0.3) is 0 Å². The van der Waals surface area contributed by atoms with Gasteiger partial charge in [-0.15, -0.1) is 11.3 Å². The maximum absolute atomic E-state index is 12.5. The molecule has 5 heteroatoms. The molecule has 0 amide bonds. The number of ether oxygens (including phenoxy) is 1. The van der Waals surface area contributed by atoms with Crippen molar-refractivity contribution in [2.45, 2.75) is 32.7 Å². The SMILES string of the molecule is Cc1cc(C(=O)COC(=O)c2cc3ccccc3s2)c(C)n1C1CC1. The van der Waals surface area contributed by atoms with Crippen molar-refractivity contribution in [3.63, 3.8) is 0 Å². The third-order valence-electron chi connectivity index (χ3n) is 4.66. The van der Waals surface area contributed by atoms with Crippen LogP contribution in [0.5, 0.6) is 0 Å². The zero-order valence-electron chi connectivity index (χ0n) is 14.2. The highest BCUT2D eigenvalue weighted by Crippen LogP contribution is 2.38. The Morgan fingerprint density at radius 3 is 2.68 bits per heavy atom. The van der Waals surface area contributed by atoms with E-state index in [1.807, 2.05) is 50.2 Å². The number of fused-ring (bicyclic) bond motifs is 1. The van der Waals surface area contributed by atoms with Crippen molar-refractivity contribution in [2.24, 2.45) is 0 Å². The highest BCUT2D eigenvalue weighted by molar-refractivity contribution is 7.20. The van der Waals surface area contributed by atoms with E-state index in [1.54, 1.807) is 0 Å². The van der Waals surface area contributed by atoms with Crippen molar-refractivity contribution in [1.29, 1.82) is 0 Å². The fourth-order valence-electron chi connectivity index (χ4n) is 3.32. The second-order valence-corrected chi connectivity index (χ2v) is 7.62. The minimum absolute atomic E-state index is 0.144. The first-order valence-electron chi connectivity index (χ1n) is 8.42. The standard InChI is InChI=1S/C20H19NO3S/c1-12-9-16(13(2)21(12)15-7-8-15)17(22)11-24-20(23)19-10-14-5-3-4-6-18(14)25-19/h3-6,9-10,15H,7-8,11H2,1-2H3. The van der Waals surface area contributed by atoms with E-state index in [-0.39, 0.29) is 12.4 Å². The number of rotatable bonds is 5. The van der Waals surface area contributed by atoms with Crippen LogP contribution in [0.15, 0.2) is 36.4 Å². The Morgan fingerprint density at radius 2 is 1.96 bits per heavy atom. The topological polar surface area (TPSA) is 48.3 Å². The van der Waals surface area contributed by atoms with E-state index in [0.29, 0.717) is 16.5 Å². The summed E-state index contributed by atoms with van der Waals surface area (Å²) in [5, 5.41) is 1.01. The van der Waals surface area contributed by atoms with Crippen LogP contribution in [0.1, 0.15) is 50.3 Å². The first kappa shape index (κ1) is 16.1. The number of thiophene rings is 1. The van der Waals surface area contributed by atoms with Crippen molar-refractivity contribution >= 4 is 33.2 Å². The first-order valence-corrected chi connectivity index (χ1v) is 9.23. The van der Waals surface area contributed by atoms with Gasteiger partial charge in [-0.05, 0) is 50.3 Å². The molecule has 1 fully saturated rings. The van der Waals surface area contributed by atoms with E-state index in [2.05, 4.69) is 4.57 Å². The van der Waals surface area contributed by atoms with Crippen LogP contribution in [0.4, 0.5) is 0 Å². The molecule has 2 aromatic heterocycles. The lowest BCUT2D eigenvalue weighted by Crippen LogP contribution is -2.14. The summed E-state index contributed by atoms with van der Waals surface area (Å²) in [6, 6.07) is 12.0. The van der Waals surface area contributed by atoms with Gasteiger partial charge in [0, 0.05) is 27.7 Å². The molecule has 4 rings (SSSR count). The molecule has 0 spiro atoms. The molecule has 25 heavy (non-hydrogen) atoms. The lowest BCUT2D eigenvalue weighted by molar-refractivity contribution is 0.0479. The molecule has 0 aliphatic heterocycles. The Morgan fingerprint density at radius 1 is 1.20 bits per heavy atom. The third kappa shape index (κ3) is 3.00. The first-order chi connectivity index (χ1) is 12.0. The van der Waals surface area contributed by atoms with Crippen molar-refractivity contribution in [1.82, 2.24) is 4.57 Å². The maximum Gasteiger partial charge on any atom is 0.348 e. The number of aromatic nitrogens is 1. The van der Waals surface area contributed by atoms with Crippen LogP contribution >= 0.6 is 11.3 Å². The Bertz CT molecular complexity index is 945. The Labute approximate surface area is 150 Å². The Kier molecular flexibility index (Phi) is 3.96. The smallest absolute Gasteiger partial charge is 0.348 e. The summed E-state index contributed by atoms with van der Waals surface area (Å²) in [4.78, 5) is 25.3. The molecule has 1 aliphatic rings.